The molecule has 6 nitrogen and oxygen atoms in total. The minimum Gasteiger partial charge on any atom is -0.387 e. The Morgan fingerprint density at radius 3 is 2.77 bits per heavy atom. The Balaban J connectivity index is 1.79. The molecule has 1 aromatic rings. The molecule has 0 aromatic carbocycles. The molecule has 1 aromatic heterocycles. The smallest absolute Gasteiger partial charge is 0.248 e. The average molecular weight is 304 g/mol. The van der Waals surface area contributed by atoms with Crippen molar-refractivity contribution in [1.29, 1.82) is 0 Å². The first-order valence-electron chi connectivity index (χ1n) is 8.16. The molecule has 6 heteroatoms. The van der Waals surface area contributed by atoms with Gasteiger partial charge in [0.25, 0.3) is 0 Å². The fraction of sp³-hybridized carbons (Fsp3) is 0.688. The number of aromatic nitrogens is 2. The summed E-state index contributed by atoms with van der Waals surface area (Å²) in [6, 6.07) is 2.09. The SMILES string of the molecule is Cc1nc([C@H]2CCCN(C(=O)CO)C2)cc(N2CCCC2)n1. The Morgan fingerprint density at radius 1 is 1.27 bits per heavy atom. The maximum absolute atomic E-state index is 11.7. The third-order valence-electron chi connectivity index (χ3n) is 4.60. The first kappa shape index (κ1) is 15.2. The van der Waals surface area contributed by atoms with Crippen LogP contribution in [0.2, 0.25) is 0 Å². The van der Waals surface area contributed by atoms with Crippen LogP contribution in [0.4, 0.5) is 5.82 Å². The topological polar surface area (TPSA) is 69.6 Å². The van der Waals surface area contributed by atoms with Crippen molar-refractivity contribution >= 4 is 11.7 Å². The highest BCUT2D eigenvalue weighted by Crippen LogP contribution is 2.28. The van der Waals surface area contributed by atoms with E-state index in [1.165, 1.54) is 12.8 Å². The summed E-state index contributed by atoms with van der Waals surface area (Å²) in [5, 5.41) is 9.05. The van der Waals surface area contributed by atoms with Crippen LogP contribution in [0.15, 0.2) is 6.07 Å². The fourth-order valence-corrected chi connectivity index (χ4v) is 3.44. The van der Waals surface area contributed by atoms with Crippen LogP contribution >= 0.6 is 0 Å². The number of aryl methyl sites for hydroxylation is 1. The van der Waals surface area contributed by atoms with Crippen molar-refractivity contribution < 1.29 is 9.90 Å². The second-order valence-corrected chi connectivity index (χ2v) is 6.23. The maximum atomic E-state index is 11.7. The van der Waals surface area contributed by atoms with Crippen LogP contribution in [0.25, 0.3) is 0 Å². The second kappa shape index (κ2) is 6.60. The lowest BCUT2D eigenvalue weighted by Gasteiger charge is -2.32. The van der Waals surface area contributed by atoms with E-state index in [1.54, 1.807) is 4.90 Å². The van der Waals surface area contributed by atoms with Gasteiger partial charge in [0, 0.05) is 38.2 Å². The largest absolute Gasteiger partial charge is 0.387 e. The predicted molar refractivity (Wildman–Crippen MR) is 83.9 cm³/mol. The van der Waals surface area contributed by atoms with Crippen molar-refractivity contribution in [3.8, 4) is 0 Å². The molecule has 3 heterocycles. The summed E-state index contributed by atoms with van der Waals surface area (Å²) >= 11 is 0. The number of aliphatic hydroxyl groups is 1. The number of hydrogen-bond donors (Lipinski definition) is 1. The van der Waals surface area contributed by atoms with Crippen molar-refractivity contribution in [2.75, 3.05) is 37.7 Å². The van der Waals surface area contributed by atoms with Gasteiger partial charge in [0.2, 0.25) is 5.91 Å². The summed E-state index contributed by atoms with van der Waals surface area (Å²) in [5.41, 5.74) is 1.03. The van der Waals surface area contributed by atoms with Crippen molar-refractivity contribution in [2.45, 2.75) is 38.5 Å². The molecule has 0 bridgehead atoms. The molecule has 0 radical (unpaired) electrons. The predicted octanol–water partition coefficient (Wildman–Crippen LogP) is 1.08. The minimum atomic E-state index is -0.408. The first-order valence-corrected chi connectivity index (χ1v) is 8.16. The van der Waals surface area contributed by atoms with Gasteiger partial charge in [-0.2, -0.15) is 0 Å². The van der Waals surface area contributed by atoms with Gasteiger partial charge in [-0.3, -0.25) is 4.79 Å². The van der Waals surface area contributed by atoms with Gasteiger partial charge in [-0.05, 0) is 32.6 Å². The Morgan fingerprint density at radius 2 is 2.05 bits per heavy atom. The van der Waals surface area contributed by atoms with Gasteiger partial charge in [-0.15, -0.1) is 0 Å². The summed E-state index contributed by atoms with van der Waals surface area (Å²) in [7, 11) is 0. The minimum absolute atomic E-state index is 0.185. The number of hydrogen-bond acceptors (Lipinski definition) is 5. The molecule has 1 N–H and O–H groups in total. The van der Waals surface area contributed by atoms with E-state index in [0.717, 1.165) is 49.8 Å². The molecule has 2 aliphatic rings. The van der Waals surface area contributed by atoms with Crippen LogP contribution in [0, 0.1) is 6.92 Å². The first-order chi connectivity index (χ1) is 10.7. The number of aliphatic hydroxyl groups excluding tert-OH is 1. The molecule has 0 unspecified atom stereocenters. The number of rotatable bonds is 3. The molecule has 0 aliphatic carbocycles. The molecular weight excluding hydrogens is 280 g/mol. The van der Waals surface area contributed by atoms with Gasteiger partial charge in [0.1, 0.15) is 18.2 Å². The molecule has 120 valence electrons. The third-order valence-corrected chi connectivity index (χ3v) is 4.60. The van der Waals surface area contributed by atoms with Crippen LogP contribution in [0.5, 0.6) is 0 Å². The van der Waals surface area contributed by atoms with Gasteiger partial charge < -0.3 is 14.9 Å². The number of piperidine rings is 1. The van der Waals surface area contributed by atoms with E-state index >= 15 is 0 Å². The maximum Gasteiger partial charge on any atom is 0.248 e. The lowest BCUT2D eigenvalue weighted by atomic mass is 9.94. The molecule has 1 atom stereocenters. The standard InChI is InChI=1S/C16H24N4O2/c1-12-17-14(9-15(18-12)19-6-2-3-7-19)13-5-4-8-20(10-13)16(22)11-21/h9,13,21H,2-8,10-11H2,1H3/t13-/m0/s1. The fourth-order valence-electron chi connectivity index (χ4n) is 3.44. The lowest BCUT2D eigenvalue weighted by Crippen LogP contribution is -2.40. The number of anilines is 1. The zero-order chi connectivity index (χ0) is 15.5. The highest BCUT2D eigenvalue weighted by atomic mass is 16.3. The van der Waals surface area contributed by atoms with E-state index in [1.807, 2.05) is 6.92 Å². The van der Waals surface area contributed by atoms with E-state index in [4.69, 9.17) is 5.11 Å². The van der Waals surface area contributed by atoms with Crippen LogP contribution in [-0.4, -0.2) is 58.7 Å². The molecule has 3 rings (SSSR count). The Kier molecular flexibility index (Phi) is 4.57. The molecule has 22 heavy (non-hydrogen) atoms. The average Bonchev–Trinajstić information content (AvgIpc) is 3.08. The van der Waals surface area contributed by atoms with Crippen LogP contribution in [0.3, 0.4) is 0 Å². The number of carbonyl (C=O) groups excluding carboxylic acids is 1. The van der Waals surface area contributed by atoms with Crippen LogP contribution in [0.1, 0.15) is 43.1 Å². The van der Waals surface area contributed by atoms with Crippen molar-refractivity contribution in [2.24, 2.45) is 0 Å². The van der Waals surface area contributed by atoms with Crippen molar-refractivity contribution in [3.05, 3.63) is 17.6 Å². The highest BCUT2D eigenvalue weighted by molar-refractivity contribution is 5.77. The highest BCUT2D eigenvalue weighted by Gasteiger charge is 2.26. The summed E-state index contributed by atoms with van der Waals surface area (Å²) in [5.74, 6) is 1.87. The zero-order valence-corrected chi connectivity index (χ0v) is 13.2. The monoisotopic (exact) mass is 304 g/mol. The van der Waals surface area contributed by atoms with Gasteiger partial charge in [-0.25, -0.2) is 9.97 Å². The molecular formula is C16H24N4O2. The molecule has 1 amide bonds. The van der Waals surface area contributed by atoms with Crippen LogP contribution in [-0.2, 0) is 4.79 Å². The molecule has 2 aliphatic heterocycles. The molecule has 2 fully saturated rings. The van der Waals surface area contributed by atoms with Crippen LogP contribution < -0.4 is 4.90 Å². The van der Waals surface area contributed by atoms with E-state index < -0.39 is 6.61 Å². The summed E-state index contributed by atoms with van der Waals surface area (Å²) < 4.78 is 0. The molecule has 0 spiro atoms. The number of likely N-dealkylation sites (tertiary alicyclic amines) is 1. The zero-order valence-electron chi connectivity index (χ0n) is 13.2. The Labute approximate surface area is 131 Å². The van der Waals surface area contributed by atoms with Gasteiger partial charge in [-0.1, -0.05) is 0 Å². The quantitative estimate of drug-likeness (QED) is 0.905. The summed E-state index contributed by atoms with van der Waals surface area (Å²) in [4.78, 5) is 25.0. The summed E-state index contributed by atoms with van der Waals surface area (Å²) in [6.07, 6.45) is 4.44. The number of amides is 1. The van der Waals surface area contributed by atoms with Gasteiger partial charge in [0.15, 0.2) is 0 Å². The van der Waals surface area contributed by atoms with Crippen molar-refractivity contribution in [1.82, 2.24) is 14.9 Å². The molecule has 2 saturated heterocycles. The number of carbonyl (C=O) groups is 1. The van der Waals surface area contributed by atoms with E-state index in [2.05, 4.69) is 20.9 Å². The van der Waals surface area contributed by atoms with Crippen molar-refractivity contribution in [3.63, 3.8) is 0 Å². The third kappa shape index (κ3) is 3.21. The van der Waals surface area contributed by atoms with E-state index in [-0.39, 0.29) is 11.8 Å². The Hall–Kier alpha value is -1.69. The van der Waals surface area contributed by atoms with Gasteiger partial charge in [0.05, 0.1) is 5.69 Å². The Bertz CT molecular complexity index is 543. The van der Waals surface area contributed by atoms with Gasteiger partial charge >= 0.3 is 0 Å². The van der Waals surface area contributed by atoms with E-state index in [0.29, 0.717) is 6.54 Å². The second-order valence-electron chi connectivity index (χ2n) is 6.23. The summed E-state index contributed by atoms with van der Waals surface area (Å²) in [6.45, 7) is 5.04. The van der Waals surface area contributed by atoms with E-state index in [9.17, 15) is 4.79 Å². The number of nitrogens with zero attached hydrogens (tertiary/aromatic N) is 4. The lowest BCUT2D eigenvalue weighted by molar-refractivity contribution is -0.135. The molecule has 0 saturated carbocycles. The normalized spacial score (nSPS) is 22.2.